The molecule has 0 saturated heterocycles. The molecular weight excluding hydrogens is 272 g/mol. The Hall–Kier alpha value is -1.10. The first-order valence-electron chi connectivity index (χ1n) is 7.76. The highest BCUT2D eigenvalue weighted by molar-refractivity contribution is 5.75. The van der Waals surface area contributed by atoms with Crippen LogP contribution in [0, 0.1) is 5.41 Å². The number of ether oxygens (including phenoxy) is 3. The van der Waals surface area contributed by atoms with E-state index in [9.17, 15) is 9.59 Å². The Kier molecular flexibility index (Phi) is 6.65. The maximum Gasteiger partial charge on any atom is 0.332 e. The van der Waals surface area contributed by atoms with Crippen LogP contribution in [0.15, 0.2) is 0 Å². The van der Waals surface area contributed by atoms with Crippen LogP contribution < -0.4 is 0 Å². The summed E-state index contributed by atoms with van der Waals surface area (Å²) in [4.78, 5) is 23.3. The summed E-state index contributed by atoms with van der Waals surface area (Å²) in [5, 5.41) is 0. The van der Waals surface area contributed by atoms with E-state index in [1.807, 2.05) is 27.7 Å². The second-order valence-electron chi connectivity index (χ2n) is 6.56. The number of hydrogen-bond acceptors (Lipinski definition) is 5. The van der Waals surface area contributed by atoms with Crippen LogP contribution in [0.4, 0.5) is 0 Å². The van der Waals surface area contributed by atoms with Crippen LogP contribution in [0.5, 0.6) is 0 Å². The van der Waals surface area contributed by atoms with Gasteiger partial charge in [0.25, 0.3) is 0 Å². The molecule has 0 aliphatic heterocycles. The topological polar surface area (TPSA) is 61.8 Å². The van der Waals surface area contributed by atoms with Gasteiger partial charge in [0.15, 0.2) is 0 Å². The zero-order chi connectivity index (χ0) is 15.9. The molecule has 0 unspecified atom stereocenters. The van der Waals surface area contributed by atoms with Crippen LogP contribution in [-0.2, 0) is 23.8 Å². The van der Waals surface area contributed by atoms with Crippen molar-refractivity contribution in [3.05, 3.63) is 0 Å². The lowest BCUT2D eigenvalue weighted by molar-refractivity contribution is -0.164. The van der Waals surface area contributed by atoms with Crippen LogP contribution in [0.3, 0.4) is 0 Å². The average Bonchev–Trinajstić information content (AvgIpc) is 2.84. The Morgan fingerprint density at radius 3 is 2.33 bits per heavy atom. The lowest BCUT2D eigenvalue weighted by Gasteiger charge is -2.24. The molecule has 0 amide bonds. The number of carbonyl (C=O) groups is 2. The van der Waals surface area contributed by atoms with Crippen LogP contribution in [0.25, 0.3) is 0 Å². The molecular formula is C16H28O5. The van der Waals surface area contributed by atoms with Crippen LogP contribution in [0.2, 0.25) is 0 Å². The largest absolute Gasteiger partial charge is 0.463 e. The molecule has 0 radical (unpaired) electrons. The smallest absolute Gasteiger partial charge is 0.332 e. The van der Waals surface area contributed by atoms with E-state index in [1.54, 1.807) is 0 Å². The summed E-state index contributed by atoms with van der Waals surface area (Å²) in [5.41, 5.74) is -0.798. The predicted octanol–water partition coefficient (Wildman–Crippen LogP) is 2.86. The molecule has 0 spiro atoms. The molecule has 1 aliphatic rings. The van der Waals surface area contributed by atoms with Crippen molar-refractivity contribution in [3.8, 4) is 0 Å². The summed E-state index contributed by atoms with van der Waals surface area (Å²) in [7, 11) is 0. The Balaban J connectivity index is 2.11. The third-order valence-electron chi connectivity index (χ3n) is 4.14. The first-order valence-corrected chi connectivity index (χ1v) is 7.76. The third kappa shape index (κ3) is 6.04. The fourth-order valence-electron chi connectivity index (χ4n) is 2.22. The van der Waals surface area contributed by atoms with Gasteiger partial charge in [-0.1, -0.05) is 6.92 Å². The van der Waals surface area contributed by atoms with E-state index < -0.39 is 5.41 Å². The van der Waals surface area contributed by atoms with E-state index in [0.29, 0.717) is 0 Å². The molecule has 0 N–H and O–H groups in total. The quantitative estimate of drug-likeness (QED) is 0.509. The normalized spacial score (nSPS) is 17.5. The highest BCUT2D eigenvalue weighted by Crippen LogP contribution is 2.32. The number of hydrogen-bond donors (Lipinski definition) is 0. The van der Waals surface area contributed by atoms with E-state index in [2.05, 4.69) is 0 Å². The fraction of sp³-hybridized carbons (Fsp3) is 0.875. The summed E-state index contributed by atoms with van der Waals surface area (Å²) in [5.74, 6) is -0.589. The molecule has 1 aliphatic carbocycles. The maximum absolute atomic E-state index is 11.7. The standard InChI is InChI=1S/C16H28O5/c1-5-15(2,3)14(18)20-11-10-19-12-13(17)21-16(4)8-6-7-9-16/h5-12H2,1-4H3. The van der Waals surface area contributed by atoms with Crippen molar-refractivity contribution in [2.24, 2.45) is 5.41 Å². The zero-order valence-corrected chi connectivity index (χ0v) is 13.7. The molecule has 0 aromatic heterocycles. The molecule has 0 atom stereocenters. The van der Waals surface area contributed by atoms with Gasteiger partial charge < -0.3 is 14.2 Å². The van der Waals surface area contributed by atoms with E-state index in [4.69, 9.17) is 14.2 Å². The fourth-order valence-corrected chi connectivity index (χ4v) is 2.22. The van der Waals surface area contributed by atoms with E-state index in [1.165, 1.54) is 0 Å². The lowest BCUT2D eigenvalue weighted by Crippen LogP contribution is -2.30. The van der Waals surface area contributed by atoms with Gasteiger partial charge in [0, 0.05) is 0 Å². The summed E-state index contributed by atoms with van der Waals surface area (Å²) in [6.45, 7) is 7.87. The van der Waals surface area contributed by atoms with Gasteiger partial charge in [0.1, 0.15) is 18.8 Å². The Morgan fingerprint density at radius 2 is 1.76 bits per heavy atom. The Bertz CT molecular complexity index is 356. The number of carbonyl (C=O) groups excluding carboxylic acids is 2. The lowest BCUT2D eigenvalue weighted by atomic mass is 9.91. The molecule has 5 heteroatoms. The van der Waals surface area contributed by atoms with Crippen molar-refractivity contribution in [1.82, 2.24) is 0 Å². The average molecular weight is 300 g/mol. The number of esters is 2. The second kappa shape index (κ2) is 7.78. The first kappa shape index (κ1) is 18.0. The van der Waals surface area contributed by atoms with Gasteiger partial charge in [-0.3, -0.25) is 4.79 Å². The minimum atomic E-state index is -0.476. The van der Waals surface area contributed by atoms with Crippen molar-refractivity contribution >= 4 is 11.9 Å². The minimum Gasteiger partial charge on any atom is -0.463 e. The van der Waals surface area contributed by atoms with Crippen molar-refractivity contribution in [2.45, 2.75) is 65.4 Å². The van der Waals surface area contributed by atoms with Crippen LogP contribution in [0.1, 0.15) is 59.8 Å². The van der Waals surface area contributed by atoms with Gasteiger partial charge in [-0.05, 0) is 52.9 Å². The third-order valence-corrected chi connectivity index (χ3v) is 4.14. The molecule has 1 fully saturated rings. The van der Waals surface area contributed by atoms with Gasteiger partial charge in [-0.25, -0.2) is 4.79 Å². The molecule has 21 heavy (non-hydrogen) atoms. The molecule has 5 nitrogen and oxygen atoms in total. The van der Waals surface area contributed by atoms with Gasteiger partial charge in [-0.2, -0.15) is 0 Å². The van der Waals surface area contributed by atoms with E-state index >= 15 is 0 Å². The molecule has 0 aromatic rings. The van der Waals surface area contributed by atoms with Crippen molar-refractivity contribution in [1.29, 1.82) is 0 Å². The molecule has 0 aromatic carbocycles. The summed E-state index contributed by atoms with van der Waals surface area (Å²) in [6, 6.07) is 0. The minimum absolute atomic E-state index is 0.0929. The molecule has 1 rings (SSSR count). The number of rotatable bonds is 8. The van der Waals surface area contributed by atoms with Crippen molar-refractivity contribution in [2.75, 3.05) is 19.8 Å². The van der Waals surface area contributed by atoms with E-state index in [-0.39, 0.29) is 37.4 Å². The van der Waals surface area contributed by atoms with Crippen molar-refractivity contribution < 1.29 is 23.8 Å². The van der Waals surface area contributed by atoms with Gasteiger partial charge in [-0.15, -0.1) is 0 Å². The Labute approximate surface area is 127 Å². The van der Waals surface area contributed by atoms with Gasteiger partial charge in [0.2, 0.25) is 0 Å². The first-order chi connectivity index (χ1) is 9.79. The maximum atomic E-state index is 11.7. The van der Waals surface area contributed by atoms with E-state index in [0.717, 1.165) is 32.1 Å². The summed E-state index contributed by atoms with van der Waals surface area (Å²) in [6.07, 6.45) is 4.77. The van der Waals surface area contributed by atoms with Gasteiger partial charge in [0.05, 0.1) is 12.0 Å². The monoisotopic (exact) mass is 300 g/mol. The van der Waals surface area contributed by atoms with Crippen LogP contribution in [-0.4, -0.2) is 37.4 Å². The van der Waals surface area contributed by atoms with Crippen molar-refractivity contribution in [3.63, 3.8) is 0 Å². The SMILES string of the molecule is CCC(C)(C)C(=O)OCCOCC(=O)OC1(C)CCCC1. The van der Waals surface area contributed by atoms with Gasteiger partial charge >= 0.3 is 11.9 Å². The molecule has 0 heterocycles. The Morgan fingerprint density at radius 1 is 1.14 bits per heavy atom. The van der Waals surface area contributed by atoms with Crippen LogP contribution >= 0.6 is 0 Å². The predicted molar refractivity (Wildman–Crippen MR) is 78.8 cm³/mol. The second-order valence-corrected chi connectivity index (χ2v) is 6.56. The highest BCUT2D eigenvalue weighted by Gasteiger charge is 2.32. The molecule has 122 valence electrons. The molecule has 0 bridgehead atoms. The summed E-state index contributed by atoms with van der Waals surface area (Å²) >= 11 is 0. The molecule has 1 saturated carbocycles. The zero-order valence-electron chi connectivity index (χ0n) is 13.7. The summed E-state index contributed by atoms with van der Waals surface area (Å²) < 4.78 is 15.7. The highest BCUT2D eigenvalue weighted by atomic mass is 16.6.